The van der Waals surface area contributed by atoms with Gasteiger partial charge in [0.25, 0.3) is 5.91 Å². The third-order valence-electron chi connectivity index (χ3n) is 5.73. The summed E-state index contributed by atoms with van der Waals surface area (Å²) in [4.78, 5) is 27.5. The second-order valence-electron chi connectivity index (χ2n) is 9.65. The van der Waals surface area contributed by atoms with Crippen molar-refractivity contribution in [1.82, 2.24) is 14.2 Å². The monoisotopic (exact) mass is 492 g/mol. The minimum Gasteiger partial charge on any atom is -0.593 e. The molecule has 1 saturated heterocycles. The molecule has 2 aliphatic rings. The van der Waals surface area contributed by atoms with Crippen LogP contribution in [0.25, 0.3) is 0 Å². The average molecular weight is 493 g/mol. The van der Waals surface area contributed by atoms with Crippen molar-refractivity contribution < 1.29 is 28.0 Å². The minimum atomic E-state index is -1.66. The summed E-state index contributed by atoms with van der Waals surface area (Å²) in [5.74, 6) is -0.747. The molecule has 9 nitrogen and oxygen atoms in total. The Morgan fingerprint density at radius 3 is 2.74 bits per heavy atom. The molecule has 34 heavy (non-hydrogen) atoms. The number of hydrogen-bond acceptors (Lipinski definition) is 6. The lowest BCUT2D eigenvalue weighted by molar-refractivity contribution is 0.0283. The molecule has 3 heterocycles. The Bertz CT molecular complexity index is 1120. The fourth-order valence-electron chi connectivity index (χ4n) is 4.06. The van der Waals surface area contributed by atoms with Crippen molar-refractivity contribution in [2.75, 3.05) is 25.0 Å². The second-order valence-corrected chi connectivity index (χ2v) is 10.9. The smallest absolute Gasteiger partial charge is 0.410 e. The van der Waals surface area contributed by atoms with Gasteiger partial charge in [-0.3, -0.25) is 4.79 Å². The van der Waals surface area contributed by atoms with Crippen LogP contribution in [0.4, 0.5) is 14.9 Å². The highest BCUT2D eigenvalue weighted by molar-refractivity contribution is 7.89. The highest BCUT2D eigenvalue weighted by Gasteiger charge is 2.43. The van der Waals surface area contributed by atoms with E-state index in [9.17, 15) is 18.5 Å². The van der Waals surface area contributed by atoms with Crippen LogP contribution < -0.4 is 14.8 Å². The number of amides is 2. The number of aromatic nitrogens is 1. The van der Waals surface area contributed by atoms with Crippen molar-refractivity contribution in [3.8, 4) is 5.75 Å². The van der Waals surface area contributed by atoms with Crippen LogP contribution in [0.2, 0.25) is 0 Å². The van der Waals surface area contributed by atoms with Crippen molar-refractivity contribution >= 4 is 29.0 Å². The molecule has 2 amide bonds. The Labute approximate surface area is 200 Å². The molecule has 1 aromatic heterocycles. The van der Waals surface area contributed by atoms with Crippen LogP contribution in [0.3, 0.4) is 0 Å². The van der Waals surface area contributed by atoms with Crippen LogP contribution in [-0.2, 0) is 23.1 Å². The SMILES string of the molecule is Cc1cc(NC(=O)c2c3c(cn2C)[S+]([O-])NC2CN(C(=O)OC(C)(C)C)CC2CO3)ccc1F. The van der Waals surface area contributed by atoms with E-state index in [-0.39, 0.29) is 35.8 Å². The number of nitrogens with zero attached hydrogens (tertiary/aromatic N) is 2. The van der Waals surface area contributed by atoms with E-state index >= 15 is 0 Å². The topological polar surface area (TPSA) is 108 Å². The van der Waals surface area contributed by atoms with E-state index in [4.69, 9.17) is 9.47 Å². The van der Waals surface area contributed by atoms with Crippen molar-refractivity contribution in [3.63, 3.8) is 0 Å². The first kappa shape index (κ1) is 24.4. The lowest BCUT2D eigenvalue weighted by atomic mass is 10.1. The van der Waals surface area contributed by atoms with E-state index in [1.165, 1.54) is 18.2 Å². The maximum absolute atomic E-state index is 13.6. The van der Waals surface area contributed by atoms with Gasteiger partial charge in [0.15, 0.2) is 5.69 Å². The first-order valence-corrected chi connectivity index (χ1v) is 12.1. The number of carbonyl (C=O) groups excluding carboxylic acids is 2. The van der Waals surface area contributed by atoms with Crippen molar-refractivity contribution in [2.45, 2.75) is 44.2 Å². The van der Waals surface area contributed by atoms with Crippen LogP contribution in [-0.4, -0.2) is 57.4 Å². The van der Waals surface area contributed by atoms with Crippen LogP contribution in [0, 0.1) is 18.7 Å². The maximum atomic E-state index is 13.6. The Kier molecular flexibility index (Phi) is 6.54. The molecular formula is C23H29FN4O5S. The van der Waals surface area contributed by atoms with Gasteiger partial charge < -0.3 is 28.8 Å². The minimum absolute atomic E-state index is 0.138. The Balaban J connectivity index is 1.53. The number of rotatable bonds is 2. The van der Waals surface area contributed by atoms with Gasteiger partial charge in [-0.2, -0.15) is 0 Å². The zero-order valence-electron chi connectivity index (χ0n) is 19.8. The van der Waals surface area contributed by atoms with E-state index in [0.717, 1.165) is 0 Å². The lowest BCUT2D eigenvalue weighted by Gasteiger charge is -2.24. The fourth-order valence-corrected chi connectivity index (χ4v) is 5.31. The Hall–Kier alpha value is -2.76. The molecule has 11 heteroatoms. The summed E-state index contributed by atoms with van der Waals surface area (Å²) in [5, 5.41) is 2.75. The van der Waals surface area contributed by atoms with Crippen LogP contribution in [0.1, 0.15) is 36.8 Å². The van der Waals surface area contributed by atoms with Crippen LogP contribution in [0.15, 0.2) is 29.3 Å². The maximum Gasteiger partial charge on any atom is 0.410 e. The van der Waals surface area contributed by atoms with Gasteiger partial charge in [-0.1, -0.05) is 0 Å². The number of carbonyl (C=O) groups is 2. The van der Waals surface area contributed by atoms with Crippen molar-refractivity contribution in [2.24, 2.45) is 13.0 Å². The Morgan fingerprint density at radius 2 is 2.06 bits per heavy atom. The summed E-state index contributed by atoms with van der Waals surface area (Å²) >= 11 is -1.66. The third kappa shape index (κ3) is 5.01. The second kappa shape index (κ2) is 9.12. The van der Waals surface area contributed by atoms with Gasteiger partial charge >= 0.3 is 6.09 Å². The summed E-state index contributed by atoms with van der Waals surface area (Å²) in [6.45, 7) is 7.96. The molecule has 0 radical (unpaired) electrons. The van der Waals surface area contributed by atoms with Gasteiger partial charge in [-0.15, -0.1) is 4.72 Å². The zero-order valence-corrected chi connectivity index (χ0v) is 20.6. The number of halogens is 1. The quantitative estimate of drug-likeness (QED) is 0.624. The molecule has 0 aliphatic carbocycles. The van der Waals surface area contributed by atoms with E-state index in [1.807, 2.05) is 0 Å². The number of likely N-dealkylation sites (tertiary alicyclic amines) is 1. The predicted molar refractivity (Wildman–Crippen MR) is 125 cm³/mol. The summed E-state index contributed by atoms with van der Waals surface area (Å²) in [6.07, 6.45) is 1.16. The van der Waals surface area contributed by atoms with E-state index in [2.05, 4.69) is 10.0 Å². The molecule has 3 atom stereocenters. The number of nitrogens with one attached hydrogen (secondary N) is 2. The summed E-state index contributed by atoms with van der Waals surface area (Å²) in [7, 11) is 1.67. The van der Waals surface area contributed by atoms with Crippen molar-refractivity contribution in [3.05, 3.63) is 41.5 Å². The summed E-state index contributed by atoms with van der Waals surface area (Å²) in [5.41, 5.74) is 0.428. The molecule has 0 bridgehead atoms. The average Bonchev–Trinajstić information content (AvgIpc) is 3.27. The van der Waals surface area contributed by atoms with Gasteiger partial charge in [0.2, 0.25) is 10.6 Å². The summed E-state index contributed by atoms with van der Waals surface area (Å²) in [6, 6.07) is 4.05. The van der Waals surface area contributed by atoms with Crippen LogP contribution in [0.5, 0.6) is 5.75 Å². The molecule has 0 spiro atoms. The molecule has 2 aromatic rings. The standard InChI is InChI=1S/C23H29FN4O5S/c1-13-8-15(6-7-16(13)24)25-21(29)19-20-18(11-27(19)5)34(31)26-17-10-28(9-14(17)12-32-20)22(30)33-23(2,3)4/h6-8,11,14,17,26H,9-10,12H2,1-5H3,(H,25,29). The number of benzene rings is 1. The normalized spacial score (nSPS) is 22.2. The number of aryl methyl sites for hydroxylation is 2. The molecule has 2 aliphatic heterocycles. The largest absolute Gasteiger partial charge is 0.593 e. The molecule has 184 valence electrons. The molecule has 0 saturated carbocycles. The third-order valence-corrected chi connectivity index (χ3v) is 6.93. The molecule has 1 fully saturated rings. The Morgan fingerprint density at radius 1 is 1.32 bits per heavy atom. The number of ether oxygens (including phenoxy) is 2. The number of fused-ring (bicyclic) bond motifs is 2. The van der Waals surface area contributed by atoms with Gasteiger partial charge in [0, 0.05) is 31.7 Å². The van der Waals surface area contributed by atoms with E-state index < -0.39 is 29.0 Å². The number of hydrogen-bond donors (Lipinski definition) is 2. The molecule has 2 N–H and O–H groups in total. The molecule has 3 unspecified atom stereocenters. The van der Waals surface area contributed by atoms with Crippen LogP contribution >= 0.6 is 0 Å². The van der Waals surface area contributed by atoms with Gasteiger partial charge in [0.1, 0.15) is 11.4 Å². The molecule has 1 aromatic carbocycles. The highest BCUT2D eigenvalue weighted by atomic mass is 32.2. The van der Waals surface area contributed by atoms with Gasteiger partial charge in [-0.25, -0.2) is 9.18 Å². The molecular weight excluding hydrogens is 463 g/mol. The van der Waals surface area contributed by atoms with E-state index in [1.54, 1.807) is 50.4 Å². The van der Waals surface area contributed by atoms with Gasteiger partial charge in [0.05, 0.1) is 30.2 Å². The first-order valence-electron chi connectivity index (χ1n) is 11.0. The predicted octanol–water partition coefficient (Wildman–Crippen LogP) is 2.97. The van der Waals surface area contributed by atoms with Crippen molar-refractivity contribution in [1.29, 1.82) is 0 Å². The highest BCUT2D eigenvalue weighted by Crippen LogP contribution is 2.35. The zero-order chi connectivity index (χ0) is 24.8. The number of anilines is 1. The summed E-state index contributed by atoms with van der Waals surface area (Å²) < 4.78 is 42.9. The first-order chi connectivity index (χ1) is 15.9. The van der Waals surface area contributed by atoms with E-state index in [0.29, 0.717) is 29.2 Å². The fraction of sp³-hybridized carbons (Fsp3) is 0.478. The van der Waals surface area contributed by atoms with Gasteiger partial charge in [-0.05, 0) is 51.5 Å². The lowest BCUT2D eigenvalue weighted by Crippen LogP contribution is -2.44. The molecule has 4 rings (SSSR count).